The predicted molar refractivity (Wildman–Crippen MR) is 96.6 cm³/mol. The minimum Gasteiger partial charge on any atom is -0.495 e. The Morgan fingerprint density at radius 1 is 1.09 bits per heavy atom. The van der Waals surface area contributed by atoms with Crippen LogP contribution in [-0.4, -0.2) is 18.3 Å². The van der Waals surface area contributed by atoms with Crippen molar-refractivity contribution in [2.75, 3.05) is 12.4 Å². The van der Waals surface area contributed by atoms with Crippen molar-refractivity contribution in [3.8, 4) is 5.75 Å². The number of anilines is 1. The van der Waals surface area contributed by atoms with E-state index in [0.717, 1.165) is 24.3 Å². The number of hydrogen-bond donors (Lipinski definition) is 2. The lowest BCUT2D eigenvalue weighted by atomic mass is 10.1. The van der Waals surface area contributed by atoms with Gasteiger partial charge in [-0.05, 0) is 49.7 Å². The van der Waals surface area contributed by atoms with Gasteiger partial charge in [0.2, 0.25) is 0 Å². The first-order chi connectivity index (χ1) is 10.7. The molecule has 116 valence electrons. The van der Waals surface area contributed by atoms with Gasteiger partial charge in [0.15, 0.2) is 5.11 Å². The van der Waals surface area contributed by atoms with E-state index in [0.29, 0.717) is 11.2 Å². The molecule has 0 bridgehead atoms. The molecule has 2 rings (SSSR count). The fourth-order valence-electron chi connectivity index (χ4n) is 2.23. The highest BCUT2D eigenvalue weighted by atomic mass is 32.1. The lowest BCUT2D eigenvalue weighted by molar-refractivity contribution is 0.417. The number of nitrogens with one attached hydrogen (secondary N) is 2. The number of hydrogen-bond acceptors (Lipinski definition) is 2. The molecule has 22 heavy (non-hydrogen) atoms. The van der Waals surface area contributed by atoms with E-state index in [1.54, 1.807) is 7.11 Å². The van der Waals surface area contributed by atoms with Crippen LogP contribution in [0, 0.1) is 0 Å². The van der Waals surface area contributed by atoms with Gasteiger partial charge in [-0.3, -0.25) is 0 Å². The monoisotopic (exact) mass is 314 g/mol. The van der Waals surface area contributed by atoms with Crippen molar-refractivity contribution in [2.45, 2.75) is 25.8 Å². The molecule has 0 fully saturated rings. The van der Waals surface area contributed by atoms with Crippen molar-refractivity contribution in [3.05, 3.63) is 60.2 Å². The minimum atomic E-state index is 0.301. The van der Waals surface area contributed by atoms with Gasteiger partial charge >= 0.3 is 0 Å². The van der Waals surface area contributed by atoms with Gasteiger partial charge in [0.05, 0.1) is 12.8 Å². The van der Waals surface area contributed by atoms with Crippen LogP contribution in [0.5, 0.6) is 5.75 Å². The molecule has 0 radical (unpaired) electrons. The Balaban J connectivity index is 1.81. The highest BCUT2D eigenvalue weighted by Gasteiger charge is 2.07. The maximum absolute atomic E-state index is 5.37. The normalized spacial score (nSPS) is 11.5. The second kappa shape index (κ2) is 8.39. The van der Waals surface area contributed by atoms with Crippen LogP contribution in [0.2, 0.25) is 0 Å². The molecule has 0 aromatic heterocycles. The van der Waals surface area contributed by atoms with E-state index >= 15 is 0 Å². The summed E-state index contributed by atoms with van der Waals surface area (Å²) in [4.78, 5) is 0. The van der Waals surface area contributed by atoms with E-state index in [2.05, 4.69) is 41.8 Å². The number of aryl methyl sites for hydroxylation is 1. The number of ether oxygens (including phenoxy) is 1. The third kappa shape index (κ3) is 5.04. The van der Waals surface area contributed by atoms with Gasteiger partial charge in [-0.25, -0.2) is 0 Å². The topological polar surface area (TPSA) is 33.3 Å². The van der Waals surface area contributed by atoms with Crippen LogP contribution in [0.1, 0.15) is 18.9 Å². The number of rotatable bonds is 6. The number of methoxy groups -OCH3 is 1. The minimum absolute atomic E-state index is 0.301. The van der Waals surface area contributed by atoms with Gasteiger partial charge in [0.25, 0.3) is 0 Å². The van der Waals surface area contributed by atoms with Crippen molar-refractivity contribution in [1.29, 1.82) is 0 Å². The molecule has 0 saturated carbocycles. The van der Waals surface area contributed by atoms with Gasteiger partial charge in [0.1, 0.15) is 5.75 Å². The lowest BCUT2D eigenvalue weighted by Gasteiger charge is -2.18. The SMILES string of the molecule is COc1ccccc1NC(=S)NC(C)CCc1ccccc1. The highest BCUT2D eigenvalue weighted by molar-refractivity contribution is 7.80. The van der Waals surface area contributed by atoms with E-state index in [9.17, 15) is 0 Å². The molecule has 2 aromatic rings. The molecule has 0 saturated heterocycles. The van der Waals surface area contributed by atoms with Gasteiger partial charge in [-0.2, -0.15) is 0 Å². The Bertz CT molecular complexity index is 601. The zero-order valence-corrected chi connectivity index (χ0v) is 13.8. The molecule has 0 aliphatic rings. The third-order valence-corrected chi connectivity index (χ3v) is 3.66. The maximum atomic E-state index is 5.37. The van der Waals surface area contributed by atoms with Crippen molar-refractivity contribution in [3.63, 3.8) is 0 Å². The van der Waals surface area contributed by atoms with Crippen LogP contribution in [0.4, 0.5) is 5.69 Å². The maximum Gasteiger partial charge on any atom is 0.171 e. The van der Waals surface area contributed by atoms with Gasteiger partial charge in [-0.1, -0.05) is 42.5 Å². The second-order valence-corrected chi connectivity index (χ2v) is 5.63. The Kier molecular flexibility index (Phi) is 6.22. The Hall–Kier alpha value is -2.07. The van der Waals surface area contributed by atoms with E-state index < -0.39 is 0 Å². The predicted octanol–water partition coefficient (Wildman–Crippen LogP) is 4.00. The number of thiocarbonyl (C=S) groups is 1. The van der Waals surface area contributed by atoms with Crippen molar-refractivity contribution in [2.24, 2.45) is 0 Å². The summed E-state index contributed by atoms with van der Waals surface area (Å²) in [5.41, 5.74) is 2.22. The lowest BCUT2D eigenvalue weighted by Crippen LogP contribution is -2.36. The van der Waals surface area contributed by atoms with Crippen LogP contribution in [0.15, 0.2) is 54.6 Å². The van der Waals surface area contributed by atoms with E-state index in [1.807, 2.05) is 30.3 Å². The van der Waals surface area contributed by atoms with E-state index in [-0.39, 0.29) is 0 Å². The average Bonchev–Trinajstić information content (AvgIpc) is 2.54. The zero-order chi connectivity index (χ0) is 15.8. The summed E-state index contributed by atoms with van der Waals surface area (Å²) in [7, 11) is 1.65. The number of benzene rings is 2. The molecule has 2 N–H and O–H groups in total. The third-order valence-electron chi connectivity index (χ3n) is 3.44. The molecule has 2 aromatic carbocycles. The first kappa shape index (κ1) is 16.3. The fraction of sp³-hybridized carbons (Fsp3) is 0.278. The molecule has 0 spiro atoms. The van der Waals surface area contributed by atoms with Gasteiger partial charge in [-0.15, -0.1) is 0 Å². The zero-order valence-electron chi connectivity index (χ0n) is 13.0. The Morgan fingerprint density at radius 3 is 2.50 bits per heavy atom. The summed E-state index contributed by atoms with van der Waals surface area (Å²) in [6, 6.07) is 18.5. The molecular formula is C18H22N2OS. The summed E-state index contributed by atoms with van der Waals surface area (Å²) >= 11 is 5.37. The number of para-hydroxylation sites is 2. The Labute approximate surface area is 137 Å². The molecule has 0 aliphatic carbocycles. The molecule has 4 heteroatoms. The fourth-order valence-corrected chi connectivity index (χ4v) is 2.54. The standard InChI is InChI=1S/C18H22N2OS/c1-14(12-13-15-8-4-3-5-9-15)19-18(22)20-16-10-6-7-11-17(16)21-2/h3-11,14H,12-13H2,1-2H3,(H2,19,20,22). The molecule has 1 unspecified atom stereocenters. The molecule has 0 heterocycles. The molecular weight excluding hydrogens is 292 g/mol. The second-order valence-electron chi connectivity index (χ2n) is 5.22. The summed E-state index contributed by atoms with van der Waals surface area (Å²) < 4.78 is 5.31. The van der Waals surface area contributed by atoms with Crippen molar-refractivity contribution >= 4 is 23.0 Å². The summed E-state index contributed by atoms with van der Waals surface area (Å²) in [6.07, 6.45) is 2.06. The highest BCUT2D eigenvalue weighted by Crippen LogP contribution is 2.22. The van der Waals surface area contributed by atoms with E-state index in [1.165, 1.54) is 5.56 Å². The van der Waals surface area contributed by atoms with Crippen LogP contribution >= 0.6 is 12.2 Å². The molecule has 3 nitrogen and oxygen atoms in total. The van der Waals surface area contributed by atoms with Crippen molar-refractivity contribution in [1.82, 2.24) is 5.32 Å². The molecule has 1 atom stereocenters. The Morgan fingerprint density at radius 2 is 1.77 bits per heavy atom. The van der Waals surface area contributed by atoms with Crippen LogP contribution in [0.25, 0.3) is 0 Å². The summed E-state index contributed by atoms with van der Waals surface area (Å²) in [5, 5.41) is 7.12. The molecule has 0 aliphatic heterocycles. The first-order valence-electron chi connectivity index (χ1n) is 7.43. The van der Waals surface area contributed by atoms with E-state index in [4.69, 9.17) is 17.0 Å². The van der Waals surface area contributed by atoms with Crippen molar-refractivity contribution < 1.29 is 4.74 Å². The summed E-state index contributed by atoms with van der Waals surface area (Å²) in [5.74, 6) is 0.781. The van der Waals surface area contributed by atoms with Crippen LogP contribution in [0.3, 0.4) is 0 Å². The summed E-state index contributed by atoms with van der Waals surface area (Å²) in [6.45, 7) is 2.14. The largest absolute Gasteiger partial charge is 0.495 e. The molecule has 0 amide bonds. The van der Waals surface area contributed by atoms with Gasteiger partial charge < -0.3 is 15.4 Å². The first-order valence-corrected chi connectivity index (χ1v) is 7.84. The van der Waals surface area contributed by atoms with Gasteiger partial charge in [0, 0.05) is 6.04 Å². The quantitative estimate of drug-likeness (QED) is 0.790. The van der Waals surface area contributed by atoms with Crippen LogP contribution < -0.4 is 15.4 Å². The average molecular weight is 314 g/mol. The van der Waals surface area contributed by atoms with Crippen LogP contribution in [-0.2, 0) is 6.42 Å². The smallest absolute Gasteiger partial charge is 0.171 e.